The highest BCUT2D eigenvalue weighted by atomic mass is 79.9. The summed E-state index contributed by atoms with van der Waals surface area (Å²) in [5.74, 6) is 0.323. The summed E-state index contributed by atoms with van der Waals surface area (Å²) in [6.45, 7) is 1.89. The molecule has 1 aromatic carbocycles. The van der Waals surface area contributed by atoms with Crippen LogP contribution in [0, 0.1) is 0 Å². The standard InChI is InChI=1S/C10H14BrNO/c11-6-1-7-12-8-9-2-4-10(13)5-3-9/h2-5,12-13H,1,6-8H2. The van der Waals surface area contributed by atoms with Crippen LogP contribution in [0.25, 0.3) is 0 Å². The molecule has 0 aromatic heterocycles. The highest BCUT2D eigenvalue weighted by Gasteiger charge is 1.92. The van der Waals surface area contributed by atoms with E-state index in [1.54, 1.807) is 12.1 Å². The zero-order valence-corrected chi connectivity index (χ0v) is 9.05. The van der Waals surface area contributed by atoms with Gasteiger partial charge in [0.2, 0.25) is 0 Å². The van der Waals surface area contributed by atoms with Crippen molar-refractivity contribution >= 4 is 15.9 Å². The Kier molecular flexibility index (Phi) is 4.86. The topological polar surface area (TPSA) is 32.3 Å². The lowest BCUT2D eigenvalue weighted by atomic mass is 10.2. The summed E-state index contributed by atoms with van der Waals surface area (Å²) in [5, 5.41) is 13.4. The van der Waals surface area contributed by atoms with Gasteiger partial charge >= 0.3 is 0 Å². The van der Waals surface area contributed by atoms with Crippen molar-refractivity contribution in [3.05, 3.63) is 29.8 Å². The zero-order chi connectivity index (χ0) is 9.52. The van der Waals surface area contributed by atoms with Crippen molar-refractivity contribution in [3.8, 4) is 5.75 Å². The predicted octanol–water partition coefficient (Wildman–Crippen LogP) is 2.27. The van der Waals surface area contributed by atoms with E-state index in [1.807, 2.05) is 12.1 Å². The SMILES string of the molecule is Oc1ccc(CNCCCBr)cc1. The number of phenolic OH excluding ortho intramolecular Hbond substituents is 1. The number of aromatic hydroxyl groups is 1. The largest absolute Gasteiger partial charge is 0.508 e. The van der Waals surface area contributed by atoms with Gasteiger partial charge in [0.25, 0.3) is 0 Å². The second kappa shape index (κ2) is 6.00. The number of halogens is 1. The molecule has 0 unspecified atom stereocenters. The molecule has 72 valence electrons. The van der Waals surface area contributed by atoms with Crippen LogP contribution >= 0.6 is 15.9 Å². The number of nitrogens with one attached hydrogen (secondary N) is 1. The van der Waals surface area contributed by atoms with Crippen molar-refractivity contribution in [2.75, 3.05) is 11.9 Å². The maximum atomic E-state index is 9.04. The number of hydrogen-bond donors (Lipinski definition) is 2. The Morgan fingerprint density at radius 2 is 1.92 bits per heavy atom. The van der Waals surface area contributed by atoms with Crippen molar-refractivity contribution in [2.24, 2.45) is 0 Å². The van der Waals surface area contributed by atoms with Gasteiger partial charge in [-0.3, -0.25) is 0 Å². The van der Waals surface area contributed by atoms with Gasteiger partial charge in [-0.1, -0.05) is 28.1 Å². The van der Waals surface area contributed by atoms with Crippen LogP contribution < -0.4 is 5.32 Å². The van der Waals surface area contributed by atoms with Gasteiger partial charge in [-0.05, 0) is 30.7 Å². The first-order valence-electron chi connectivity index (χ1n) is 4.37. The summed E-state index contributed by atoms with van der Waals surface area (Å²) in [6, 6.07) is 7.27. The van der Waals surface area contributed by atoms with E-state index >= 15 is 0 Å². The van der Waals surface area contributed by atoms with E-state index in [4.69, 9.17) is 5.11 Å². The monoisotopic (exact) mass is 243 g/mol. The van der Waals surface area contributed by atoms with Crippen LogP contribution in [0.3, 0.4) is 0 Å². The minimum atomic E-state index is 0.323. The van der Waals surface area contributed by atoms with Gasteiger partial charge in [0.15, 0.2) is 0 Å². The molecule has 0 radical (unpaired) electrons. The van der Waals surface area contributed by atoms with Crippen LogP contribution in [0.2, 0.25) is 0 Å². The normalized spacial score (nSPS) is 10.2. The van der Waals surface area contributed by atoms with Gasteiger partial charge in [0, 0.05) is 11.9 Å². The molecule has 0 atom stereocenters. The molecule has 0 heterocycles. The summed E-state index contributed by atoms with van der Waals surface area (Å²) < 4.78 is 0. The number of benzene rings is 1. The van der Waals surface area contributed by atoms with Gasteiger partial charge in [0.05, 0.1) is 0 Å². The molecule has 2 nitrogen and oxygen atoms in total. The van der Waals surface area contributed by atoms with Gasteiger partial charge < -0.3 is 10.4 Å². The fourth-order valence-electron chi connectivity index (χ4n) is 1.04. The molecule has 1 rings (SSSR count). The quantitative estimate of drug-likeness (QED) is 0.615. The molecular formula is C10H14BrNO. The molecule has 0 amide bonds. The zero-order valence-electron chi connectivity index (χ0n) is 7.46. The minimum absolute atomic E-state index is 0.323. The molecule has 3 heteroatoms. The number of phenols is 1. The Labute approximate surface area is 87.1 Å². The molecule has 0 fully saturated rings. The molecule has 0 aliphatic rings. The van der Waals surface area contributed by atoms with Crippen molar-refractivity contribution < 1.29 is 5.11 Å². The van der Waals surface area contributed by atoms with Crippen molar-refractivity contribution in [1.82, 2.24) is 5.32 Å². The van der Waals surface area contributed by atoms with Gasteiger partial charge in [-0.15, -0.1) is 0 Å². The molecule has 0 aliphatic carbocycles. The van der Waals surface area contributed by atoms with E-state index < -0.39 is 0 Å². The number of alkyl halides is 1. The lowest BCUT2D eigenvalue weighted by Gasteiger charge is -2.03. The third-order valence-corrected chi connectivity index (χ3v) is 2.31. The van der Waals surface area contributed by atoms with Crippen molar-refractivity contribution in [1.29, 1.82) is 0 Å². The smallest absolute Gasteiger partial charge is 0.115 e. The molecule has 0 bridgehead atoms. The van der Waals surface area contributed by atoms with Crippen LogP contribution in [0.4, 0.5) is 0 Å². The molecular weight excluding hydrogens is 230 g/mol. The summed E-state index contributed by atoms with van der Waals surface area (Å²) >= 11 is 3.37. The minimum Gasteiger partial charge on any atom is -0.508 e. The first-order chi connectivity index (χ1) is 6.33. The highest BCUT2D eigenvalue weighted by Crippen LogP contribution is 2.08. The highest BCUT2D eigenvalue weighted by molar-refractivity contribution is 9.09. The maximum absolute atomic E-state index is 9.04. The first-order valence-corrected chi connectivity index (χ1v) is 5.49. The summed E-state index contributed by atoms with van der Waals surface area (Å²) in [4.78, 5) is 0. The Bertz CT molecular complexity index is 235. The van der Waals surface area contributed by atoms with Gasteiger partial charge in [0.1, 0.15) is 5.75 Å². The Balaban J connectivity index is 2.25. The second-order valence-electron chi connectivity index (χ2n) is 2.89. The van der Waals surface area contributed by atoms with Crippen LogP contribution in [0.5, 0.6) is 5.75 Å². The third kappa shape index (κ3) is 4.29. The molecule has 0 aliphatic heterocycles. The predicted molar refractivity (Wildman–Crippen MR) is 58.2 cm³/mol. The van der Waals surface area contributed by atoms with Crippen LogP contribution in [-0.4, -0.2) is 17.0 Å². The molecule has 0 saturated carbocycles. The van der Waals surface area contributed by atoms with Gasteiger partial charge in [-0.25, -0.2) is 0 Å². The van der Waals surface area contributed by atoms with Crippen LogP contribution in [-0.2, 0) is 6.54 Å². The van der Waals surface area contributed by atoms with E-state index in [2.05, 4.69) is 21.2 Å². The van der Waals surface area contributed by atoms with Crippen LogP contribution in [0.1, 0.15) is 12.0 Å². The van der Waals surface area contributed by atoms with Crippen LogP contribution in [0.15, 0.2) is 24.3 Å². The Hall–Kier alpha value is -0.540. The fourth-order valence-corrected chi connectivity index (χ4v) is 1.32. The number of rotatable bonds is 5. The average Bonchev–Trinajstić information content (AvgIpc) is 2.15. The van der Waals surface area contributed by atoms with E-state index in [-0.39, 0.29) is 0 Å². The van der Waals surface area contributed by atoms with E-state index in [0.29, 0.717) is 5.75 Å². The first kappa shape index (κ1) is 10.5. The summed E-state index contributed by atoms with van der Waals surface area (Å²) in [6.07, 6.45) is 1.14. The Morgan fingerprint density at radius 3 is 2.54 bits per heavy atom. The molecule has 0 spiro atoms. The molecule has 0 saturated heterocycles. The number of hydrogen-bond acceptors (Lipinski definition) is 2. The van der Waals surface area contributed by atoms with E-state index in [0.717, 1.165) is 24.8 Å². The fraction of sp³-hybridized carbons (Fsp3) is 0.400. The molecule has 13 heavy (non-hydrogen) atoms. The van der Waals surface area contributed by atoms with Crippen molar-refractivity contribution in [3.63, 3.8) is 0 Å². The molecule has 1 aromatic rings. The maximum Gasteiger partial charge on any atom is 0.115 e. The summed E-state index contributed by atoms with van der Waals surface area (Å²) in [5.41, 5.74) is 1.20. The van der Waals surface area contributed by atoms with Gasteiger partial charge in [-0.2, -0.15) is 0 Å². The van der Waals surface area contributed by atoms with Crippen molar-refractivity contribution in [2.45, 2.75) is 13.0 Å². The lowest BCUT2D eigenvalue weighted by molar-refractivity contribution is 0.475. The molecule has 2 N–H and O–H groups in total. The van der Waals surface area contributed by atoms with E-state index in [9.17, 15) is 0 Å². The summed E-state index contributed by atoms with van der Waals surface area (Å²) in [7, 11) is 0. The average molecular weight is 244 g/mol. The second-order valence-corrected chi connectivity index (χ2v) is 3.68. The third-order valence-electron chi connectivity index (χ3n) is 1.75. The lowest BCUT2D eigenvalue weighted by Crippen LogP contribution is -2.14. The van der Waals surface area contributed by atoms with E-state index in [1.165, 1.54) is 5.56 Å². The Morgan fingerprint density at radius 1 is 1.23 bits per heavy atom.